The van der Waals surface area contributed by atoms with Gasteiger partial charge in [-0.15, -0.1) is 13.2 Å². The maximum atomic E-state index is 12.3. The van der Waals surface area contributed by atoms with Crippen LogP contribution in [0.25, 0.3) is 0 Å². The molecule has 3 rings (SSSR count). The molecule has 0 N–H and O–H groups in total. The quantitative estimate of drug-likeness (QED) is 0.792. The number of ether oxygens (including phenoxy) is 1. The van der Waals surface area contributed by atoms with Crippen molar-refractivity contribution in [3.8, 4) is 17.6 Å². The second kappa shape index (κ2) is 6.24. The summed E-state index contributed by atoms with van der Waals surface area (Å²) in [6, 6.07) is 12.6. The summed E-state index contributed by atoms with van der Waals surface area (Å²) in [6.07, 6.45) is -3.48. The first-order valence-electron chi connectivity index (χ1n) is 7.08. The van der Waals surface area contributed by atoms with Gasteiger partial charge in [-0.05, 0) is 54.8 Å². The van der Waals surface area contributed by atoms with Crippen molar-refractivity contribution in [3.05, 3.63) is 59.2 Å². The number of nitrogens with zero attached hydrogens (tertiary/aromatic N) is 2. The van der Waals surface area contributed by atoms with Crippen LogP contribution in [0.2, 0.25) is 0 Å². The fraction of sp³-hybridized carbons (Fsp3) is 0.176. The van der Waals surface area contributed by atoms with E-state index in [1.807, 2.05) is 6.07 Å². The normalized spacial score (nSPS) is 15.0. The molecule has 0 spiro atoms. The van der Waals surface area contributed by atoms with E-state index in [0.717, 1.165) is 5.56 Å². The van der Waals surface area contributed by atoms with Gasteiger partial charge in [0.25, 0.3) is 0 Å². The summed E-state index contributed by atoms with van der Waals surface area (Å²) in [4.78, 5) is 5.30. The third-order valence-electron chi connectivity index (χ3n) is 3.50. The molecule has 0 amide bonds. The molecule has 0 radical (unpaired) electrons. The minimum atomic E-state index is -4.73. The Morgan fingerprint density at radius 3 is 2.38 bits per heavy atom. The molecular formula is C17H11F3N2O2. The van der Waals surface area contributed by atoms with Crippen LogP contribution in [-0.2, 0) is 6.42 Å². The van der Waals surface area contributed by atoms with Crippen molar-refractivity contribution in [1.29, 1.82) is 5.26 Å². The second-order valence-corrected chi connectivity index (χ2v) is 5.13. The number of alkyl halides is 3. The standard InChI is InChI=1S/C17H11F3N2O2/c18-17(19,20)23-14-7-3-12-4-8-16(15(12)9-14)22-24-13-5-1-11(10-21)2-6-13/h1-3,5-7,9H,4,8H2/b22-16-. The maximum absolute atomic E-state index is 12.3. The summed E-state index contributed by atoms with van der Waals surface area (Å²) in [5.74, 6) is 0.159. The summed E-state index contributed by atoms with van der Waals surface area (Å²) in [5.41, 5.74) is 2.54. The zero-order chi connectivity index (χ0) is 17.2. The Hall–Kier alpha value is -3.01. The van der Waals surface area contributed by atoms with Gasteiger partial charge >= 0.3 is 6.36 Å². The van der Waals surface area contributed by atoms with Crippen molar-refractivity contribution in [1.82, 2.24) is 0 Å². The van der Waals surface area contributed by atoms with Gasteiger partial charge in [0.05, 0.1) is 17.3 Å². The predicted molar refractivity (Wildman–Crippen MR) is 79.8 cm³/mol. The molecule has 0 heterocycles. The number of aryl methyl sites for hydroxylation is 1. The van der Waals surface area contributed by atoms with Gasteiger partial charge in [0.2, 0.25) is 0 Å². The van der Waals surface area contributed by atoms with E-state index in [4.69, 9.17) is 10.1 Å². The van der Waals surface area contributed by atoms with Crippen LogP contribution in [-0.4, -0.2) is 12.1 Å². The number of hydrogen-bond donors (Lipinski definition) is 0. The van der Waals surface area contributed by atoms with Gasteiger partial charge < -0.3 is 9.57 Å². The monoisotopic (exact) mass is 332 g/mol. The molecule has 0 bridgehead atoms. The van der Waals surface area contributed by atoms with Crippen LogP contribution in [0.3, 0.4) is 0 Å². The molecule has 0 saturated heterocycles. The summed E-state index contributed by atoms with van der Waals surface area (Å²) in [5, 5.41) is 12.8. The third-order valence-corrected chi connectivity index (χ3v) is 3.50. The lowest BCUT2D eigenvalue weighted by molar-refractivity contribution is -0.274. The molecule has 0 aromatic heterocycles. The van der Waals surface area contributed by atoms with Gasteiger partial charge in [-0.3, -0.25) is 0 Å². The number of rotatable bonds is 3. The Morgan fingerprint density at radius 1 is 1.00 bits per heavy atom. The Bertz CT molecular complexity index is 821. The highest BCUT2D eigenvalue weighted by Gasteiger charge is 2.32. The number of benzene rings is 2. The fourth-order valence-electron chi connectivity index (χ4n) is 2.42. The highest BCUT2D eigenvalue weighted by atomic mass is 19.4. The number of fused-ring (bicyclic) bond motifs is 1. The van der Waals surface area contributed by atoms with Crippen LogP contribution in [0.4, 0.5) is 13.2 Å². The number of oxime groups is 1. The molecule has 0 aliphatic heterocycles. The molecule has 1 aliphatic carbocycles. The van der Waals surface area contributed by atoms with Crippen molar-refractivity contribution in [2.75, 3.05) is 0 Å². The Balaban J connectivity index is 1.79. The van der Waals surface area contributed by atoms with Gasteiger partial charge in [-0.1, -0.05) is 11.2 Å². The van der Waals surface area contributed by atoms with Crippen molar-refractivity contribution in [2.24, 2.45) is 5.16 Å². The Morgan fingerprint density at radius 2 is 1.71 bits per heavy atom. The van der Waals surface area contributed by atoms with Crippen LogP contribution in [0, 0.1) is 11.3 Å². The molecule has 0 fully saturated rings. The van der Waals surface area contributed by atoms with Gasteiger partial charge in [0, 0.05) is 5.56 Å². The van der Waals surface area contributed by atoms with E-state index in [1.165, 1.54) is 12.1 Å². The molecule has 2 aromatic rings. The topological polar surface area (TPSA) is 54.6 Å². The van der Waals surface area contributed by atoms with E-state index in [-0.39, 0.29) is 5.75 Å². The zero-order valence-electron chi connectivity index (χ0n) is 12.3. The number of hydrogen-bond acceptors (Lipinski definition) is 4. The minimum absolute atomic E-state index is 0.283. The first-order chi connectivity index (χ1) is 11.4. The first-order valence-corrected chi connectivity index (χ1v) is 7.08. The van der Waals surface area contributed by atoms with Crippen LogP contribution in [0.5, 0.6) is 11.5 Å². The number of nitriles is 1. The van der Waals surface area contributed by atoms with Crippen molar-refractivity contribution >= 4 is 5.71 Å². The van der Waals surface area contributed by atoms with Crippen LogP contribution in [0.15, 0.2) is 47.6 Å². The lowest BCUT2D eigenvalue weighted by atomic mass is 10.1. The highest BCUT2D eigenvalue weighted by Crippen LogP contribution is 2.30. The van der Waals surface area contributed by atoms with Crippen LogP contribution < -0.4 is 9.57 Å². The Kier molecular flexibility index (Phi) is 4.13. The smallest absolute Gasteiger partial charge is 0.406 e. The lowest BCUT2D eigenvalue weighted by Crippen LogP contribution is -2.17. The molecular weight excluding hydrogens is 321 g/mol. The van der Waals surface area contributed by atoms with Crippen molar-refractivity contribution in [2.45, 2.75) is 19.2 Å². The highest BCUT2D eigenvalue weighted by molar-refractivity contribution is 6.04. The second-order valence-electron chi connectivity index (χ2n) is 5.13. The van der Waals surface area contributed by atoms with Crippen molar-refractivity contribution in [3.63, 3.8) is 0 Å². The number of halogens is 3. The first kappa shape index (κ1) is 15.9. The molecule has 7 heteroatoms. The average molecular weight is 332 g/mol. The lowest BCUT2D eigenvalue weighted by Gasteiger charge is -2.10. The summed E-state index contributed by atoms with van der Waals surface area (Å²) >= 11 is 0. The van der Waals surface area contributed by atoms with E-state index in [0.29, 0.717) is 35.4 Å². The minimum Gasteiger partial charge on any atom is -0.406 e. The molecule has 122 valence electrons. The third kappa shape index (κ3) is 3.66. The predicted octanol–water partition coefficient (Wildman–Crippen LogP) is 4.19. The molecule has 1 aliphatic rings. The van der Waals surface area contributed by atoms with Gasteiger partial charge in [-0.2, -0.15) is 5.26 Å². The van der Waals surface area contributed by atoms with E-state index >= 15 is 0 Å². The van der Waals surface area contributed by atoms with E-state index in [2.05, 4.69) is 9.89 Å². The maximum Gasteiger partial charge on any atom is 0.573 e. The molecule has 0 unspecified atom stereocenters. The van der Waals surface area contributed by atoms with E-state index in [1.54, 1.807) is 30.3 Å². The largest absolute Gasteiger partial charge is 0.573 e. The van der Waals surface area contributed by atoms with Crippen LogP contribution in [0.1, 0.15) is 23.1 Å². The van der Waals surface area contributed by atoms with E-state index < -0.39 is 6.36 Å². The fourth-order valence-corrected chi connectivity index (χ4v) is 2.42. The summed E-state index contributed by atoms with van der Waals surface area (Å²) < 4.78 is 40.9. The SMILES string of the molecule is N#Cc1ccc(O/N=C2/CCc3ccc(OC(F)(F)F)cc32)cc1. The molecule has 0 atom stereocenters. The van der Waals surface area contributed by atoms with Gasteiger partial charge in [0.1, 0.15) is 5.75 Å². The molecule has 24 heavy (non-hydrogen) atoms. The summed E-state index contributed by atoms with van der Waals surface area (Å²) in [7, 11) is 0. The van der Waals surface area contributed by atoms with E-state index in [9.17, 15) is 13.2 Å². The Labute approximate surface area is 135 Å². The zero-order valence-corrected chi connectivity index (χ0v) is 12.3. The molecule has 2 aromatic carbocycles. The average Bonchev–Trinajstić information content (AvgIpc) is 2.94. The molecule has 4 nitrogen and oxygen atoms in total. The van der Waals surface area contributed by atoms with Gasteiger partial charge in [0.15, 0.2) is 5.75 Å². The van der Waals surface area contributed by atoms with Crippen LogP contribution >= 0.6 is 0 Å². The summed E-state index contributed by atoms with van der Waals surface area (Å²) in [6.45, 7) is 0. The van der Waals surface area contributed by atoms with Gasteiger partial charge in [-0.25, -0.2) is 0 Å². The van der Waals surface area contributed by atoms with Crippen molar-refractivity contribution < 1.29 is 22.7 Å². The molecule has 0 saturated carbocycles.